The SMILES string of the molecule is Cc1cccc2c3c(oc12)-c1cccc2cccc-3c12. The molecular formula is C19H12O. The van der Waals surface area contributed by atoms with Gasteiger partial charge in [-0.1, -0.05) is 54.6 Å². The van der Waals surface area contributed by atoms with Gasteiger partial charge < -0.3 is 4.42 Å². The Balaban J connectivity index is 2.07. The van der Waals surface area contributed by atoms with Gasteiger partial charge in [-0.2, -0.15) is 0 Å². The number of furan rings is 1. The summed E-state index contributed by atoms with van der Waals surface area (Å²) in [5, 5.41) is 3.84. The molecule has 94 valence electrons. The van der Waals surface area contributed by atoms with E-state index in [0.29, 0.717) is 0 Å². The minimum atomic E-state index is 1.02. The van der Waals surface area contributed by atoms with Crippen LogP contribution in [0.5, 0.6) is 0 Å². The molecule has 1 aliphatic rings. The van der Waals surface area contributed by atoms with Crippen LogP contribution in [0, 0.1) is 6.92 Å². The molecule has 3 aromatic carbocycles. The Morgan fingerprint density at radius 3 is 2.40 bits per heavy atom. The highest BCUT2D eigenvalue weighted by Crippen LogP contribution is 2.51. The molecule has 0 bridgehead atoms. The molecule has 1 heterocycles. The molecule has 1 nitrogen and oxygen atoms in total. The molecule has 4 aromatic rings. The molecule has 1 aliphatic carbocycles. The predicted molar refractivity (Wildman–Crippen MR) is 82.9 cm³/mol. The van der Waals surface area contributed by atoms with Gasteiger partial charge in [-0.05, 0) is 23.4 Å². The minimum absolute atomic E-state index is 1.02. The van der Waals surface area contributed by atoms with Crippen LogP contribution >= 0.6 is 0 Å². The van der Waals surface area contributed by atoms with Gasteiger partial charge in [-0.25, -0.2) is 0 Å². The molecule has 20 heavy (non-hydrogen) atoms. The van der Waals surface area contributed by atoms with Crippen LogP contribution in [0.3, 0.4) is 0 Å². The number of aryl methyl sites for hydroxylation is 1. The van der Waals surface area contributed by atoms with Crippen molar-refractivity contribution in [2.45, 2.75) is 6.92 Å². The zero-order chi connectivity index (χ0) is 13.3. The van der Waals surface area contributed by atoms with Crippen LogP contribution in [0.25, 0.3) is 44.2 Å². The van der Waals surface area contributed by atoms with Gasteiger partial charge in [0, 0.05) is 21.9 Å². The van der Waals surface area contributed by atoms with Crippen LogP contribution in [-0.2, 0) is 0 Å². The summed E-state index contributed by atoms with van der Waals surface area (Å²) in [6, 6.07) is 19.3. The van der Waals surface area contributed by atoms with Crippen molar-refractivity contribution in [3.05, 3.63) is 60.2 Å². The molecule has 0 amide bonds. The van der Waals surface area contributed by atoms with Crippen molar-refractivity contribution >= 4 is 21.7 Å². The Labute approximate surface area is 116 Å². The molecule has 0 N–H and O–H groups in total. The van der Waals surface area contributed by atoms with Crippen molar-refractivity contribution < 1.29 is 4.42 Å². The number of fused-ring (bicyclic) bond motifs is 5. The number of hydrogen-bond donors (Lipinski definition) is 0. The second kappa shape index (κ2) is 3.31. The molecule has 1 aromatic heterocycles. The van der Waals surface area contributed by atoms with Crippen molar-refractivity contribution in [3.8, 4) is 22.5 Å². The first-order chi connectivity index (χ1) is 9.84. The largest absolute Gasteiger partial charge is 0.455 e. The summed E-state index contributed by atoms with van der Waals surface area (Å²) >= 11 is 0. The lowest BCUT2D eigenvalue weighted by atomic mass is 10.0. The third-order valence-corrected chi connectivity index (χ3v) is 4.33. The molecule has 0 spiro atoms. The smallest absolute Gasteiger partial charge is 0.143 e. The lowest BCUT2D eigenvalue weighted by Crippen LogP contribution is -1.77. The summed E-state index contributed by atoms with van der Waals surface area (Å²) in [5.74, 6) is 1.03. The fourth-order valence-corrected chi connectivity index (χ4v) is 3.46. The summed E-state index contributed by atoms with van der Waals surface area (Å²) in [6.07, 6.45) is 0. The standard InChI is InChI=1S/C19H12O/c1-11-5-2-9-15-17-13-8-3-6-12-7-4-10-14(16(12)13)19(17)20-18(11)15/h2-10H,1H3. The third-order valence-electron chi connectivity index (χ3n) is 4.33. The van der Waals surface area contributed by atoms with Crippen molar-refractivity contribution in [1.82, 2.24) is 0 Å². The van der Waals surface area contributed by atoms with E-state index in [2.05, 4.69) is 61.5 Å². The van der Waals surface area contributed by atoms with E-state index in [4.69, 9.17) is 4.42 Å². The van der Waals surface area contributed by atoms with Gasteiger partial charge in [0.05, 0.1) is 0 Å². The summed E-state index contributed by atoms with van der Waals surface area (Å²) < 4.78 is 6.21. The summed E-state index contributed by atoms with van der Waals surface area (Å²) in [4.78, 5) is 0. The third kappa shape index (κ3) is 1.05. The lowest BCUT2D eigenvalue weighted by Gasteiger charge is -2.02. The van der Waals surface area contributed by atoms with E-state index in [0.717, 1.165) is 11.3 Å². The summed E-state index contributed by atoms with van der Waals surface area (Å²) in [6.45, 7) is 2.10. The molecule has 0 radical (unpaired) electrons. The van der Waals surface area contributed by atoms with E-state index >= 15 is 0 Å². The van der Waals surface area contributed by atoms with Gasteiger partial charge in [0.1, 0.15) is 11.3 Å². The lowest BCUT2D eigenvalue weighted by molar-refractivity contribution is 0.631. The molecule has 0 saturated carbocycles. The number of para-hydroxylation sites is 1. The first kappa shape index (κ1) is 10.3. The van der Waals surface area contributed by atoms with Gasteiger partial charge in [0.15, 0.2) is 0 Å². The van der Waals surface area contributed by atoms with E-state index in [9.17, 15) is 0 Å². The first-order valence-corrected chi connectivity index (χ1v) is 6.89. The maximum absolute atomic E-state index is 6.21. The van der Waals surface area contributed by atoms with E-state index in [1.165, 1.54) is 38.4 Å². The van der Waals surface area contributed by atoms with E-state index in [-0.39, 0.29) is 0 Å². The second-order valence-corrected chi connectivity index (χ2v) is 5.47. The van der Waals surface area contributed by atoms with Crippen LogP contribution in [0.2, 0.25) is 0 Å². The number of hydrogen-bond acceptors (Lipinski definition) is 1. The second-order valence-electron chi connectivity index (χ2n) is 5.47. The van der Waals surface area contributed by atoms with Crippen molar-refractivity contribution in [2.24, 2.45) is 0 Å². The van der Waals surface area contributed by atoms with Crippen molar-refractivity contribution in [3.63, 3.8) is 0 Å². The Kier molecular flexibility index (Phi) is 1.70. The van der Waals surface area contributed by atoms with Crippen LogP contribution in [-0.4, -0.2) is 0 Å². The molecule has 0 aliphatic heterocycles. The maximum Gasteiger partial charge on any atom is 0.143 e. The van der Waals surface area contributed by atoms with Crippen LogP contribution < -0.4 is 0 Å². The fraction of sp³-hybridized carbons (Fsp3) is 0.0526. The summed E-state index contributed by atoms with van der Waals surface area (Å²) in [7, 11) is 0. The first-order valence-electron chi connectivity index (χ1n) is 6.89. The zero-order valence-corrected chi connectivity index (χ0v) is 11.1. The van der Waals surface area contributed by atoms with Gasteiger partial charge in [-0.3, -0.25) is 0 Å². The van der Waals surface area contributed by atoms with Crippen LogP contribution in [0.4, 0.5) is 0 Å². The van der Waals surface area contributed by atoms with E-state index in [1.807, 2.05) is 0 Å². The molecule has 1 heteroatoms. The number of rotatable bonds is 0. The monoisotopic (exact) mass is 256 g/mol. The van der Waals surface area contributed by atoms with Gasteiger partial charge >= 0.3 is 0 Å². The normalized spacial score (nSPS) is 12.2. The van der Waals surface area contributed by atoms with Crippen molar-refractivity contribution in [1.29, 1.82) is 0 Å². The van der Waals surface area contributed by atoms with Crippen LogP contribution in [0.15, 0.2) is 59.0 Å². The highest BCUT2D eigenvalue weighted by Gasteiger charge is 2.27. The molecule has 0 saturated heterocycles. The Bertz CT molecular complexity index is 1000. The van der Waals surface area contributed by atoms with Gasteiger partial charge in [0.2, 0.25) is 0 Å². The summed E-state index contributed by atoms with van der Waals surface area (Å²) in [5.41, 5.74) is 6.00. The van der Waals surface area contributed by atoms with Crippen molar-refractivity contribution in [2.75, 3.05) is 0 Å². The molecule has 0 unspecified atom stereocenters. The highest BCUT2D eigenvalue weighted by molar-refractivity contribution is 6.20. The average Bonchev–Trinajstić information content (AvgIpc) is 2.99. The Morgan fingerprint density at radius 2 is 1.55 bits per heavy atom. The molecular weight excluding hydrogens is 244 g/mol. The Hall–Kier alpha value is -2.54. The van der Waals surface area contributed by atoms with Crippen LogP contribution in [0.1, 0.15) is 5.56 Å². The average molecular weight is 256 g/mol. The predicted octanol–water partition coefficient (Wildman–Crippen LogP) is 5.54. The fourth-order valence-electron chi connectivity index (χ4n) is 3.46. The maximum atomic E-state index is 6.21. The van der Waals surface area contributed by atoms with E-state index in [1.54, 1.807) is 0 Å². The molecule has 5 rings (SSSR count). The molecule has 0 fully saturated rings. The Morgan fingerprint density at radius 1 is 0.800 bits per heavy atom. The van der Waals surface area contributed by atoms with Gasteiger partial charge in [-0.15, -0.1) is 0 Å². The van der Waals surface area contributed by atoms with Gasteiger partial charge in [0.25, 0.3) is 0 Å². The zero-order valence-electron chi connectivity index (χ0n) is 11.1. The quantitative estimate of drug-likeness (QED) is 0.354. The van der Waals surface area contributed by atoms with E-state index < -0.39 is 0 Å². The minimum Gasteiger partial charge on any atom is -0.455 e. The molecule has 0 atom stereocenters. The highest BCUT2D eigenvalue weighted by atomic mass is 16.3. The topological polar surface area (TPSA) is 13.1 Å². The number of benzene rings is 3.